The second-order valence-corrected chi connectivity index (χ2v) is 3.05. The molecule has 15 heavy (non-hydrogen) atoms. The molecule has 4 nitrogen and oxygen atoms in total. The zero-order valence-corrected chi connectivity index (χ0v) is 8.01. The van der Waals surface area contributed by atoms with Crippen LogP contribution in [0.5, 0.6) is 0 Å². The Hall–Kier alpha value is -1.11. The van der Waals surface area contributed by atoms with Gasteiger partial charge in [-0.2, -0.15) is 13.2 Å². The van der Waals surface area contributed by atoms with Gasteiger partial charge in [0.05, 0.1) is 6.04 Å². The first kappa shape index (κ1) is 13.9. The Morgan fingerprint density at radius 2 is 2.00 bits per heavy atom. The molecule has 0 bridgehead atoms. The van der Waals surface area contributed by atoms with E-state index in [-0.39, 0.29) is 6.54 Å². The van der Waals surface area contributed by atoms with Crippen LogP contribution >= 0.6 is 0 Å². The Kier molecular flexibility index (Phi) is 5.92. The molecular weight excluding hydrogens is 213 g/mol. The minimum Gasteiger partial charge on any atom is -0.348 e. The van der Waals surface area contributed by atoms with Crippen LogP contribution < -0.4 is 11.1 Å². The molecule has 0 spiro atoms. The molecule has 0 radical (unpaired) electrons. The Labute approximate surface area is 85.0 Å². The molecule has 88 valence electrons. The van der Waals surface area contributed by atoms with Crippen molar-refractivity contribution in [2.24, 2.45) is 5.73 Å². The molecule has 0 aromatic rings. The maximum Gasteiger partial charge on any atom is 0.471 e. The van der Waals surface area contributed by atoms with Gasteiger partial charge in [0, 0.05) is 6.54 Å². The Bertz CT molecular complexity index is 218. The van der Waals surface area contributed by atoms with Gasteiger partial charge in [-0.25, -0.2) is 0 Å². The van der Waals surface area contributed by atoms with Crippen LogP contribution in [0.2, 0.25) is 0 Å². The number of unbranched alkanes of at least 4 members (excludes halogenated alkanes) is 1. The number of carbonyl (C=O) groups is 2. The van der Waals surface area contributed by atoms with Crippen molar-refractivity contribution in [3.63, 3.8) is 0 Å². The molecule has 0 unspecified atom stereocenters. The largest absolute Gasteiger partial charge is 0.471 e. The third-order valence-electron chi connectivity index (χ3n) is 1.68. The van der Waals surface area contributed by atoms with Gasteiger partial charge in [-0.15, -0.1) is 0 Å². The first-order valence-electron chi connectivity index (χ1n) is 4.44. The van der Waals surface area contributed by atoms with Crippen LogP contribution in [-0.4, -0.2) is 31.0 Å². The standard InChI is InChI=1S/C8H13F3N2O2/c9-8(10,11)7(15)13-4-2-1-3-6(12)5-14/h5-6H,1-4,12H2,(H,13,15)/t6-/m0/s1. The van der Waals surface area contributed by atoms with Crippen molar-refractivity contribution >= 4 is 12.2 Å². The van der Waals surface area contributed by atoms with Crippen LogP contribution in [0, 0.1) is 0 Å². The highest BCUT2D eigenvalue weighted by Crippen LogP contribution is 2.13. The van der Waals surface area contributed by atoms with Crippen molar-refractivity contribution in [3.05, 3.63) is 0 Å². The molecule has 1 amide bonds. The normalized spacial score (nSPS) is 13.3. The lowest BCUT2D eigenvalue weighted by Gasteiger charge is -2.07. The summed E-state index contributed by atoms with van der Waals surface area (Å²) in [6, 6.07) is -0.580. The molecule has 0 rings (SSSR count). The van der Waals surface area contributed by atoms with Gasteiger partial charge in [-0.05, 0) is 19.3 Å². The maximum atomic E-state index is 11.7. The van der Waals surface area contributed by atoms with Crippen LogP contribution in [0.3, 0.4) is 0 Å². The smallest absolute Gasteiger partial charge is 0.348 e. The van der Waals surface area contributed by atoms with Gasteiger partial charge in [-0.3, -0.25) is 4.79 Å². The molecule has 0 aromatic carbocycles. The monoisotopic (exact) mass is 226 g/mol. The van der Waals surface area contributed by atoms with Crippen molar-refractivity contribution in [1.82, 2.24) is 5.32 Å². The first-order chi connectivity index (χ1) is 6.88. The Morgan fingerprint density at radius 3 is 2.47 bits per heavy atom. The van der Waals surface area contributed by atoms with Gasteiger partial charge in [0.1, 0.15) is 6.29 Å². The zero-order chi connectivity index (χ0) is 11.9. The second-order valence-electron chi connectivity index (χ2n) is 3.05. The van der Waals surface area contributed by atoms with Gasteiger partial charge in [0.15, 0.2) is 0 Å². The minimum atomic E-state index is -4.83. The third-order valence-corrected chi connectivity index (χ3v) is 1.68. The molecule has 0 aliphatic heterocycles. The molecule has 0 aromatic heterocycles. The second kappa shape index (κ2) is 6.39. The van der Waals surface area contributed by atoms with Crippen LogP contribution in [0.1, 0.15) is 19.3 Å². The predicted octanol–water partition coefficient (Wildman–Crippen LogP) is 0.361. The number of aldehydes is 1. The first-order valence-corrected chi connectivity index (χ1v) is 4.44. The quantitative estimate of drug-likeness (QED) is 0.507. The fourth-order valence-electron chi connectivity index (χ4n) is 0.875. The van der Waals surface area contributed by atoms with Crippen LogP contribution in [0.4, 0.5) is 13.2 Å². The number of nitrogens with two attached hydrogens (primary N) is 1. The molecule has 0 heterocycles. The highest BCUT2D eigenvalue weighted by Gasteiger charge is 2.38. The number of hydrogen-bond acceptors (Lipinski definition) is 3. The number of amides is 1. The van der Waals surface area contributed by atoms with Gasteiger partial charge >= 0.3 is 12.1 Å². The summed E-state index contributed by atoms with van der Waals surface area (Å²) in [6.45, 7) is -0.0656. The number of nitrogens with one attached hydrogen (secondary N) is 1. The predicted molar refractivity (Wildman–Crippen MR) is 47.0 cm³/mol. The summed E-state index contributed by atoms with van der Waals surface area (Å²) in [7, 11) is 0. The summed E-state index contributed by atoms with van der Waals surface area (Å²) >= 11 is 0. The molecule has 3 N–H and O–H groups in total. The van der Waals surface area contributed by atoms with E-state index in [4.69, 9.17) is 5.73 Å². The maximum absolute atomic E-state index is 11.7. The molecule has 0 aliphatic carbocycles. The van der Waals surface area contributed by atoms with Gasteiger partial charge < -0.3 is 15.8 Å². The fraction of sp³-hybridized carbons (Fsp3) is 0.750. The molecule has 1 atom stereocenters. The summed E-state index contributed by atoms with van der Waals surface area (Å²) in [5, 5.41) is 1.72. The average Bonchev–Trinajstić information content (AvgIpc) is 2.15. The fourth-order valence-corrected chi connectivity index (χ4v) is 0.875. The summed E-state index contributed by atoms with van der Waals surface area (Å²) in [4.78, 5) is 20.4. The topological polar surface area (TPSA) is 72.2 Å². The molecule has 7 heteroatoms. The zero-order valence-electron chi connectivity index (χ0n) is 8.01. The number of carbonyl (C=O) groups excluding carboxylic acids is 2. The van der Waals surface area contributed by atoms with Crippen molar-refractivity contribution < 1.29 is 22.8 Å². The minimum absolute atomic E-state index is 0.0656. The molecule has 0 saturated heterocycles. The highest BCUT2D eigenvalue weighted by molar-refractivity contribution is 5.81. The van der Waals surface area contributed by atoms with Gasteiger partial charge in [-0.1, -0.05) is 0 Å². The average molecular weight is 226 g/mol. The number of hydrogen-bond donors (Lipinski definition) is 2. The Balaban J connectivity index is 3.47. The van der Waals surface area contributed by atoms with Crippen LogP contribution in [0.25, 0.3) is 0 Å². The molecule has 0 saturated carbocycles. The van der Waals surface area contributed by atoms with Crippen LogP contribution in [-0.2, 0) is 9.59 Å². The van der Waals surface area contributed by atoms with E-state index >= 15 is 0 Å². The lowest BCUT2D eigenvalue weighted by atomic mass is 10.1. The van der Waals surface area contributed by atoms with E-state index in [1.807, 2.05) is 0 Å². The van der Waals surface area contributed by atoms with Crippen molar-refractivity contribution in [3.8, 4) is 0 Å². The van der Waals surface area contributed by atoms with Crippen molar-refractivity contribution in [2.45, 2.75) is 31.5 Å². The van der Waals surface area contributed by atoms with E-state index in [2.05, 4.69) is 0 Å². The van der Waals surface area contributed by atoms with Crippen LogP contribution in [0.15, 0.2) is 0 Å². The number of halogens is 3. The van der Waals surface area contributed by atoms with Gasteiger partial charge in [0.25, 0.3) is 0 Å². The van der Waals surface area contributed by atoms with E-state index in [0.717, 1.165) is 0 Å². The van der Waals surface area contributed by atoms with E-state index in [9.17, 15) is 22.8 Å². The molecule has 0 fully saturated rings. The van der Waals surface area contributed by atoms with E-state index in [0.29, 0.717) is 25.5 Å². The number of alkyl halides is 3. The van der Waals surface area contributed by atoms with E-state index in [1.165, 1.54) is 0 Å². The lowest BCUT2D eigenvalue weighted by molar-refractivity contribution is -0.173. The van der Waals surface area contributed by atoms with Gasteiger partial charge in [0.2, 0.25) is 0 Å². The summed E-state index contributed by atoms with van der Waals surface area (Å²) in [6.07, 6.45) is -2.99. The summed E-state index contributed by atoms with van der Waals surface area (Å²) < 4.78 is 35.0. The third kappa shape index (κ3) is 6.89. The molecular formula is C8H13F3N2O2. The van der Waals surface area contributed by atoms with Crippen molar-refractivity contribution in [2.75, 3.05) is 6.54 Å². The number of rotatable bonds is 6. The lowest BCUT2D eigenvalue weighted by Crippen LogP contribution is -2.37. The van der Waals surface area contributed by atoms with E-state index < -0.39 is 18.1 Å². The van der Waals surface area contributed by atoms with E-state index in [1.54, 1.807) is 5.32 Å². The van der Waals surface area contributed by atoms with Crippen molar-refractivity contribution in [1.29, 1.82) is 0 Å². The Morgan fingerprint density at radius 1 is 1.40 bits per heavy atom. The SMILES string of the molecule is N[C@H](C=O)CCCCNC(=O)C(F)(F)F. The summed E-state index contributed by atoms with van der Waals surface area (Å²) in [5.41, 5.74) is 5.25. The summed E-state index contributed by atoms with van der Waals surface area (Å²) in [5.74, 6) is -1.94. The molecule has 0 aliphatic rings. The highest BCUT2D eigenvalue weighted by atomic mass is 19.4.